The molecule has 11 heteroatoms. The number of nitrogens with zero attached hydrogens (tertiary/aromatic N) is 2. The van der Waals surface area contributed by atoms with Gasteiger partial charge in [0, 0.05) is 33.0 Å². The average Bonchev–Trinajstić information content (AvgIpc) is 2.88. The minimum Gasteiger partial charge on any atom is -0.497 e. The fourth-order valence-electron chi connectivity index (χ4n) is 3.88. The molecule has 0 saturated carbocycles. The Morgan fingerprint density at radius 3 is 2.26 bits per heavy atom. The molecule has 1 heterocycles. The van der Waals surface area contributed by atoms with Crippen molar-refractivity contribution in [2.24, 2.45) is 0 Å². The Morgan fingerprint density at radius 2 is 1.69 bits per heavy atom. The molecular formula is C24H29N3O7S. The van der Waals surface area contributed by atoms with Gasteiger partial charge in [0.2, 0.25) is 21.8 Å². The predicted octanol–water partition coefficient (Wildman–Crippen LogP) is 0.817. The van der Waals surface area contributed by atoms with Gasteiger partial charge in [-0.2, -0.15) is 4.31 Å². The van der Waals surface area contributed by atoms with Gasteiger partial charge in [0.1, 0.15) is 17.8 Å². The van der Waals surface area contributed by atoms with Gasteiger partial charge in [0.05, 0.1) is 19.1 Å². The molecule has 1 aliphatic heterocycles. The third-order valence-corrected chi connectivity index (χ3v) is 7.75. The van der Waals surface area contributed by atoms with Gasteiger partial charge in [-0.25, -0.2) is 13.2 Å². The summed E-state index contributed by atoms with van der Waals surface area (Å²) >= 11 is 0. The highest BCUT2D eigenvalue weighted by Crippen LogP contribution is 2.22. The van der Waals surface area contributed by atoms with Crippen LogP contribution in [0.5, 0.6) is 5.75 Å². The summed E-state index contributed by atoms with van der Waals surface area (Å²) in [5.41, 5.74) is 0.740. The number of esters is 1. The third-order valence-electron chi connectivity index (χ3n) is 5.83. The molecule has 0 radical (unpaired) electrons. The number of hydrogen-bond acceptors (Lipinski definition) is 7. The SMILES string of the molecule is COC(=O)[C@H](Cc1ccc(OC)cc1)NC(=O)[C@H]1CN(C(C)=O)CCN1S(=O)(=O)c1ccccc1. The van der Waals surface area contributed by atoms with E-state index in [0.717, 1.165) is 9.87 Å². The van der Waals surface area contributed by atoms with Gasteiger partial charge in [-0.05, 0) is 29.8 Å². The van der Waals surface area contributed by atoms with Crippen LogP contribution in [-0.2, 0) is 35.6 Å². The Kier molecular flexibility index (Phi) is 8.47. The molecule has 35 heavy (non-hydrogen) atoms. The first-order valence-electron chi connectivity index (χ1n) is 11.0. The van der Waals surface area contributed by atoms with E-state index >= 15 is 0 Å². The van der Waals surface area contributed by atoms with Crippen LogP contribution in [0, 0.1) is 0 Å². The number of methoxy groups -OCH3 is 2. The number of nitrogens with one attached hydrogen (secondary N) is 1. The van der Waals surface area contributed by atoms with Crippen LogP contribution in [0.3, 0.4) is 0 Å². The first kappa shape index (κ1) is 26.2. The van der Waals surface area contributed by atoms with E-state index in [4.69, 9.17) is 9.47 Å². The Labute approximate surface area is 204 Å². The van der Waals surface area contributed by atoms with E-state index in [1.54, 1.807) is 42.5 Å². The predicted molar refractivity (Wildman–Crippen MR) is 127 cm³/mol. The largest absolute Gasteiger partial charge is 0.497 e. The van der Waals surface area contributed by atoms with Gasteiger partial charge in [0.15, 0.2) is 0 Å². The summed E-state index contributed by atoms with van der Waals surface area (Å²) in [7, 11) is -1.28. The number of rotatable bonds is 8. The number of sulfonamides is 1. The summed E-state index contributed by atoms with van der Waals surface area (Å²) in [5, 5.41) is 2.64. The molecule has 188 valence electrons. The van der Waals surface area contributed by atoms with Gasteiger partial charge in [-0.1, -0.05) is 30.3 Å². The average molecular weight is 504 g/mol. The van der Waals surface area contributed by atoms with E-state index in [1.807, 2.05) is 0 Å². The summed E-state index contributed by atoms with van der Waals surface area (Å²) < 4.78 is 37.8. The van der Waals surface area contributed by atoms with Crippen LogP contribution in [0.1, 0.15) is 12.5 Å². The van der Waals surface area contributed by atoms with Crippen LogP contribution in [0.4, 0.5) is 0 Å². The van der Waals surface area contributed by atoms with Crippen molar-refractivity contribution in [3.8, 4) is 5.75 Å². The first-order valence-corrected chi connectivity index (χ1v) is 12.4. The lowest BCUT2D eigenvalue weighted by atomic mass is 10.0. The van der Waals surface area contributed by atoms with Crippen molar-refractivity contribution < 1.29 is 32.3 Å². The minimum atomic E-state index is -4.03. The number of piperazine rings is 1. The zero-order chi connectivity index (χ0) is 25.6. The van der Waals surface area contributed by atoms with Gasteiger partial charge >= 0.3 is 5.97 Å². The molecule has 0 bridgehead atoms. The maximum absolute atomic E-state index is 13.4. The van der Waals surface area contributed by atoms with Crippen molar-refractivity contribution in [2.75, 3.05) is 33.9 Å². The fourth-order valence-corrected chi connectivity index (χ4v) is 5.47. The molecule has 1 aliphatic rings. The van der Waals surface area contributed by atoms with Gasteiger partial charge in [-0.15, -0.1) is 0 Å². The van der Waals surface area contributed by atoms with Crippen LogP contribution in [0.25, 0.3) is 0 Å². The van der Waals surface area contributed by atoms with Crippen LogP contribution in [0.2, 0.25) is 0 Å². The quantitative estimate of drug-likeness (QED) is 0.529. The minimum absolute atomic E-state index is 0.0387. The molecule has 1 N–H and O–H groups in total. The Hall–Kier alpha value is -3.44. The van der Waals surface area contributed by atoms with Crippen molar-refractivity contribution >= 4 is 27.8 Å². The summed E-state index contributed by atoms with van der Waals surface area (Å²) in [6.07, 6.45) is 0.122. The van der Waals surface area contributed by atoms with E-state index in [1.165, 1.54) is 38.2 Å². The van der Waals surface area contributed by atoms with Crippen molar-refractivity contribution in [1.82, 2.24) is 14.5 Å². The summed E-state index contributed by atoms with van der Waals surface area (Å²) in [6.45, 7) is 1.31. The highest BCUT2D eigenvalue weighted by atomic mass is 32.2. The molecule has 0 spiro atoms. The molecule has 1 fully saturated rings. The van der Waals surface area contributed by atoms with E-state index in [2.05, 4.69) is 5.32 Å². The Bertz CT molecular complexity index is 1150. The van der Waals surface area contributed by atoms with Crippen molar-refractivity contribution in [3.63, 3.8) is 0 Å². The third kappa shape index (κ3) is 6.17. The second-order valence-corrected chi connectivity index (χ2v) is 9.94. The van der Waals surface area contributed by atoms with E-state index < -0.39 is 34.0 Å². The highest BCUT2D eigenvalue weighted by molar-refractivity contribution is 7.89. The molecule has 0 unspecified atom stereocenters. The number of hydrogen-bond donors (Lipinski definition) is 1. The summed E-state index contributed by atoms with van der Waals surface area (Å²) in [5.74, 6) is -1.01. The molecular weight excluding hydrogens is 474 g/mol. The van der Waals surface area contributed by atoms with Gasteiger partial charge in [0.25, 0.3) is 0 Å². The second kappa shape index (κ2) is 11.3. The van der Waals surface area contributed by atoms with Crippen molar-refractivity contribution in [2.45, 2.75) is 30.3 Å². The van der Waals surface area contributed by atoms with E-state index in [-0.39, 0.29) is 36.9 Å². The maximum atomic E-state index is 13.4. The van der Waals surface area contributed by atoms with Gasteiger partial charge < -0.3 is 19.7 Å². The lowest BCUT2D eigenvalue weighted by Gasteiger charge is -2.39. The fraction of sp³-hybridized carbons (Fsp3) is 0.375. The number of carbonyl (C=O) groups is 3. The molecule has 2 aromatic rings. The topological polar surface area (TPSA) is 122 Å². The number of amides is 2. The van der Waals surface area contributed by atoms with Crippen LogP contribution < -0.4 is 10.1 Å². The van der Waals surface area contributed by atoms with Crippen LogP contribution in [0.15, 0.2) is 59.5 Å². The number of benzene rings is 2. The van der Waals surface area contributed by atoms with E-state index in [0.29, 0.717) is 5.75 Å². The van der Waals surface area contributed by atoms with Gasteiger partial charge in [-0.3, -0.25) is 9.59 Å². The first-order chi connectivity index (χ1) is 16.7. The monoisotopic (exact) mass is 503 g/mol. The number of carbonyl (C=O) groups excluding carboxylic acids is 3. The Morgan fingerprint density at radius 1 is 1.03 bits per heavy atom. The van der Waals surface area contributed by atoms with E-state index in [9.17, 15) is 22.8 Å². The van der Waals surface area contributed by atoms with Crippen molar-refractivity contribution in [3.05, 3.63) is 60.2 Å². The molecule has 2 atom stereocenters. The molecule has 10 nitrogen and oxygen atoms in total. The number of ether oxygens (including phenoxy) is 2. The lowest BCUT2D eigenvalue weighted by molar-refractivity contribution is -0.146. The Balaban J connectivity index is 1.87. The van der Waals surface area contributed by atoms with Crippen LogP contribution in [-0.4, -0.2) is 81.3 Å². The normalized spacial score (nSPS) is 17.3. The summed E-state index contributed by atoms with van der Waals surface area (Å²) in [4.78, 5) is 39.3. The molecule has 0 aromatic heterocycles. The molecule has 2 amide bonds. The van der Waals surface area contributed by atoms with Crippen molar-refractivity contribution in [1.29, 1.82) is 0 Å². The molecule has 1 saturated heterocycles. The maximum Gasteiger partial charge on any atom is 0.328 e. The smallest absolute Gasteiger partial charge is 0.328 e. The van der Waals surface area contributed by atoms with Crippen LogP contribution >= 0.6 is 0 Å². The molecule has 2 aromatic carbocycles. The summed E-state index contributed by atoms with van der Waals surface area (Å²) in [6, 6.07) is 12.5. The molecule has 3 rings (SSSR count). The standard InChI is InChI=1S/C24H29N3O7S/c1-17(28)26-13-14-27(35(31,32)20-7-5-4-6-8-20)22(16-26)23(29)25-21(24(30)34-3)15-18-9-11-19(33-2)12-10-18/h4-12,21-22H,13-16H2,1-3H3,(H,25,29)/t21-,22+/m0/s1. The second-order valence-electron chi connectivity index (χ2n) is 8.05. The zero-order valence-corrected chi connectivity index (χ0v) is 20.7. The lowest BCUT2D eigenvalue weighted by Crippen LogP contribution is -2.62. The molecule has 0 aliphatic carbocycles. The highest BCUT2D eigenvalue weighted by Gasteiger charge is 2.41. The zero-order valence-electron chi connectivity index (χ0n) is 19.8.